The fourth-order valence-electron chi connectivity index (χ4n) is 3.04. The molecule has 0 fully saturated rings. The highest BCUT2D eigenvalue weighted by Crippen LogP contribution is 2.28. The second kappa shape index (κ2) is 9.28. The Labute approximate surface area is 193 Å². The van der Waals surface area contributed by atoms with Crippen molar-refractivity contribution in [1.29, 1.82) is 0 Å². The molecule has 32 heavy (non-hydrogen) atoms. The quantitative estimate of drug-likeness (QED) is 0.414. The third-order valence-electron chi connectivity index (χ3n) is 4.62. The number of rotatable bonds is 6. The molecule has 1 amide bonds. The van der Waals surface area contributed by atoms with E-state index in [4.69, 9.17) is 21.7 Å². The zero-order valence-electron chi connectivity index (χ0n) is 17.6. The molecule has 9 nitrogen and oxygen atoms in total. The molecule has 0 bridgehead atoms. The Kier molecular flexibility index (Phi) is 6.28. The number of anilines is 1. The standard InChI is InChI=1S/C21H20N6O3S2/c1-4-17-24-25-21-27(17)26-19(32-21)12-6-5-7-13(10-12)22-20(31)23-18(28)15-9-8-14(29-2)11-16(15)30-3/h5-11H,4H2,1-3H3,(H2,22,23,28,31). The molecule has 4 rings (SSSR count). The van der Waals surface area contributed by atoms with Gasteiger partial charge in [-0.25, -0.2) is 0 Å². The summed E-state index contributed by atoms with van der Waals surface area (Å²) < 4.78 is 12.2. The Morgan fingerprint density at radius 2 is 2.00 bits per heavy atom. The first kappa shape index (κ1) is 21.7. The number of aromatic nitrogens is 4. The third kappa shape index (κ3) is 4.39. The number of amides is 1. The van der Waals surface area contributed by atoms with E-state index in [0.29, 0.717) is 17.1 Å². The van der Waals surface area contributed by atoms with Gasteiger partial charge in [0.25, 0.3) is 5.91 Å². The van der Waals surface area contributed by atoms with Crippen LogP contribution in [0.15, 0.2) is 42.5 Å². The maximum absolute atomic E-state index is 12.7. The van der Waals surface area contributed by atoms with E-state index < -0.39 is 0 Å². The number of nitrogens with one attached hydrogen (secondary N) is 2. The predicted octanol–water partition coefficient (Wildman–Crippen LogP) is 3.56. The fourth-order valence-corrected chi connectivity index (χ4v) is 4.11. The zero-order valence-corrected chi connectivity index (χ0v) is 19.2. The molecule has 0 saturated heterocycles. The number of benzene rings is 2. The number of thiocarbonyl (C=S) groups is 1. The lowest BCUT2D eigenvalue weighted by molar-refractivity contribution is 0.0974. The SMILES string of the molecule is CCc1nnc2sc(-c3cccc(NC(=S)NC(=O)c4ccc(OC)cc4OC)c3)nn12. The second-order valence-corrected chi connectivity index (χ2v) is 7.99. The Hall–Kier alpha value is -3.57. The normalized spacial score (nSPS) is 10.7. The molecule has 2 aromatic carbocycles. The number of ether oxygens (including phenoxy) is 2. The van der Waals surface area contributed by atoms with Crippen molar-refractivity contribution in [2.45, 2.75) is 13.3 Å². The number of hydrogen-bond donors (Lipinski definition) is 2. The van der Waals surface area contributed by atoms with E-state index in [9.17, 15) is 4.79 Å². The lowest BCUT2D eigenvalue weighted by Gasteiger charge is -2.13. The summed E-state index contributed by atoms with van der Waals surface area (Å²) in [5, 5.41) is 19.6. The van der Waals surface area contributed by atoms with E-state index in [0.717, 1.165) is 33.5 Å². The van der Waals surface area contributed by atoms with Gasteiger partial charge in [0, 0.05) is 23.7 Å². The van der Waals surface area contributed by atoms with Crippen molar-refractivity contribution in [3.05, 3.63) is 53.9 Å². The van der Waals surface area contributed by atoms with Gasteiger partial charge in [0.1, 0.15) is 16.5 Å². The molecule has 0 aliphatic rings. The van der Waals surface area contributed by atoms with E-state index >= 15 is 0 Å². The van der Waals surface area contributed by atoms with Crippen LogP contribution in [0, 0.1) is 0 Å². The van der Waals surface area contributed by atoms with Crippen LogP contribution in [-0.4, -0.2) is 45.1 Å². The molecule has 0 aliphatic heterocycles. The maximum Gasteiger partial charge on any atom is 0.261 e. The van der Waals surface area contributed by atoms with Gasteiger partial charge in [-0.3, -0.25) is 10.1 Å². The molecule has 164 valence electrons. The van der Waals surface area contributed by atoms with Crippen LogP contribution in [0.25, 0.3) is 15.5 Å². The van der Waals surface area contributed by atoms with Gasteiger partial charge in [0.15, 0.2) is 10.9 Å². The van der Waals surface area contributed by atoms with E-state index in [-0.39, 0.29) is 11.0 Å². The van der Waals surface area contributed by atoms with Crippen molar-refractivity contribution in [2.24, 2.45) is 0 Å². The lowest BCUT2D eigenvalue weighted by Crippen LogP contribution is -2.34. The fraction of sp³-hybridized carbons (Fsp3) is 0.190. The minimum atomic E-state index is -0.390. The molecule has 2 N–H and O–H groups in total. The highest BCUT2D eigenvalue weighted by Gasteiger charge is 2.16. The lowest BCUT2D eigenvalue weighted by atomic mass is 10.2. The van der Waals surface area contributed by atoms with Gasteiger partial charge >= 0.3 is 0 Å². The summed E-state index contributed by atoms with van der Waals surface area (Å²) in [7, 11) is 3.04. The van der Waals surface area contributed by atoms with Crippen molar-refractivity contribution in [2.75, 3.05) is 19.5 Å². The van der Waals surface area contributed by atoms with Crippen LogP contribution >= 0.6 is 23.6 Å². The molecular weight excluding hydrogens is 448 g/mol. The van der Waals surface area contributed by atoms with Crippen molar-refractivity contribution < 1.29 is 14.3 Å². The van der Waals surface area contributed by atoms with Gasteiger partial charge in [-0.15, -0.1) is 10.2 Å². The number of carbonyl (C=O) groups is 1. The van der Waals surface area contributed by atoms with Crippen LogP contribution in [0.3, 0.4) is 0 Å². The molecule has 4 aromatic rings. The largest absolute Gasteiger partial charge is 0.497 e. The summed E-state index contributed by atoms with van der Waals surface area (Å²) in [6.45, 7) is 2.01. The number of methoxy groups -OCH3 is 2. The molecular formula is C21H20N6O3S2. The topological polar surface area (TPSA) is 103 Å². The molecule has 2 heterocycles. The van der Waals surface area contributed by atoms with E-state index in [1.807, 2.05) is 31.2 Å². The summed E-state index contributed by atoms with van der Waals surface area (Å²) >= 11 is 6.78. The molecule has 0 saturated carbocycles. The Balaban J connectivity index is 1.48. The van der Waals surface area contributed by atoms with Crippen LogP contribution in [-0.2, 0) is 6.42 Å². The Morgan fingerprint density at radius 3 is 2.75 bits per heavy atom. The van der Waals surface area contributed by atoms with Crippen molar-refractivity contribution in [3.63, 3.8) is 0 Å². The Morgan fingerprint density at radius 1 is 1.16 bits per heavy atom. The molecule has 0 aliphatic carbocycles. The minimum absolute atomic E-state index is 0.163. The van der Waals surface area contributed by atoms with Gasteiger partial charge in [-0.1, -0.05) is 30.4 Å². The third-order valence-corrected chi connectivity index (χ3v) is 5.77. The van der Waals surface area contributed by atoms with Gasteiger partial charge in [0.2, 0.25) is 4.96 Å². The molecule has 2 aromatic heterocycles. The predicted molar refractivity (Wildman–Crippen MR) is 127 cm³/mol. The number of hydrogen-bond acceptors (Lipinski definition) is 8. The maximum atomic E-state index is 12.7. The van der Waals surface area contributed by atoms with E-state index in [1.165, 1.54) is 18.4 Å². The molecule has 0 unspecified atom stereocenters. The van der Waals surface area contributed by atoms with Gasteiger partial charge in [-0.05, 0) is 36.5 Å². The highest BCUT2D eigenvalue weighted by molar-refractivity contribution is 7.80. The van der Waals surface area contributed by atoms with Crippen LogP contribution in [0.2, 0.25) is 0 Å². The molecule has 0 radical (unpaired) electrons. The van der Waals surface area contributed by atoms with Gasteiger partial charge in [-0.2, -0.15) is 9.61 Å². The number of aryl methyl sites for hydroxylation is 1. The first-order valence-corrected chi connectivity index (χ1v) is 10.9. The summed E-state index contributed by atoms with van der Waals surface area (Å²) in [6.07, 6.45) is 0.749. The molecule has 0 spiro atoms. The first-order chi connectivity index (χ1) is 15.5. The number of carbonyl (C=O) groups excluding carboxylic acids is 1. The molecule has 0 atom stereocenters. The zero-order chi connectivity index (χ0) is 22.7. The highest BCUT2D eigenvalue weighted by atomic mass is 32.1. The minimum Gasteiger partial charge on any atom is -0.497 e. The summed E-state index contributed by atoms with van der Waals surface area (Å²) in [6, 6.07) is 12.5. The summed E-state index contributed by atoms with van der Waals surface area (Å²) in [5.41, 5.74) is 1.97. The first-order valence-electron chi connectivity index (χ1n) is 9.68. The monoisotopic (exact) mass is 468 g/mol. The second-order valence-electron chi connectivity index (χ2n) is 6.63. The number of fused-ring (bicyclic) bond motifs is 1. The van der Waals surface area contributed by atoms with Gasteiger partial charge in [0.05, 0.1) is 19.8 Å². The smallest absolute Gasteiger partial charge is 0.261 e. The van der Waals surface area contributed by atoms with Crippen molar-refractivity contribution in [1.82, 2.24) is 25.1 Å². The average Bonchev–Trinajstić information content (AvgIpc) is 3.39. The van der Waals surface area contributed by atoms with Gasteiger partial charge < -0.3 is 14.8 Å². The Bertz CT molecular complexity index is 1300. The van der Waals surface area contributed by atoms with Crippen LogP contribution in [0.4, 0.5) is 5.69 Å². The molecule has 11 heteroatoms. The van der Waals surface area contributed by atoms with Crippen LogP contribution < -0.4 is 20.1 Å². The van der Waals surface area contributed by atoms with Crippen LogP contribution in [0.5, 0.6) is 11.5 Å². The van der Waals surface area contributed by atoms with Crippen molar-refractivity contribution >= 4 is 45.2 Å². The van der Waals surface area contributed by atoms with Crippen molar-refractivity contribution in [3.8, 4) is 22.1 Å². The summed E-state index contributed by atoms with van der Waals surface area (Å²) in [4.78, 5) is 13.4. The number of nitrogens with zero attached hydrogens (tertiary/aromatic N) is 4. The van der Waals surface area contributed by atoms with E-state index in [2.05, 4.69) is 25.9 Å². The van der Waals surface area contributed by atoms with E-state index in [1.54, 1.807) is 29.8 Å². The summed E-state index contributed by atoms with van der Waals surface area (Å²) in [5.74, 6) is 1.40. The van der Waals surface area contributed by atoms with Crippen LogP contribution in [0.1, 0.15) is 23.1 Å². The average molecular weight is 469 g/mol.